The number of rotatable bonds is 5. The molecule has 0 amide bonds. The van der Waals surface area contributed by atoms with E-state index in [4.69, 9.17) is 5.11 Å². The summed E-state index contributed by atoms with van der Waals surface area (Å²) in [6, 6.07) is 6.52. The molecule has 1 aromatic carbocycles. The van der Waals surface area contributed by atoms with Gasteiger partial charge in [0, 0.05) is 12.5 Å². The Labute approximate surface area is 93.1 Å². The van der Waals surface area contributed by atoms with Gasteiger partial charge in [0.05, 0.1) is 0 Å². The fourth-order valence-corrected chi connectivity index (χ4v) is 1.76. The number of aryl methyl sites for hydroxylation is 2. The van der Waals surface area contributed by atoms with Crippen LogP contribution >= 0.6 is 0 Å². The van der Waals surface area contributed by atoms with Crippen molar-refractivity contribution in [3.63, 3.8) is 0 Å². The molecule has 1 N–H and O–H groups in total. The molecule has 1 heteroatoms. The smallest absolute Gasteiger partial charge is 0.0499 e. The predicted molar refractivity (Wildman–Crippen MR) is 65.0 cm³/mol. The monoisotopic (exact) mass is 205 g/mol. The third kappa shape index (κ3) is 3.67. The quantitative estimate of drug-likeness (QED) is 0.782. The highest BCUT2D eigenvalue weighted by molar-refractivity contribution is 5.32. The molecule has 0 saturated carbocycles. The summed E-state index contributed by atoms with van der Waals surface area (Å²) in [5.41, 5.74) is 3.79. The van der Waals surface area contributed by atoms with Crippen LogP contribution in [0.5, 0.6) is 0 Å². The molecule has 0 aromatic heterocycles. The van der Waals surface area contributed by atoms with Crippen molar-refractivity contribution in [1.82, 2.24) is 0 Å². The zero-order chi connectivity index (χ0) is 11.3. The first-order valence-electron chi connectivity index (χ1n) is 5.71. The van der Waals surface area contributed by atoms with Crippen LogP contribution in [0.2, 0.25) is 0 Å². The van der Waals surface area contributed by atoms with Crippen molar-refractivity contribution < 1.29 is 5.11 Å². The molecule has 0 fully saturated rings. The zero-order valence-electron chi connectivity index (χ0n) is 9.79. The van der Waals surface area contributed by atoms with Crippen molar-refractivity contribution in [2.24, 2.45) is 0 Å². The number of aliphatic hydroxyl groups excluding tert-OH is 1. The molecule has 0 spiro atoms. The van der Waals surface area contributed by atoms with Crippen LogP contribution in [0.15, 0.2) is 18.2 Å². The third-order valence-corrected chi connectivity index (χ3v) is 2.67. The average molecular weight is 205 g/mol. The standard InChI is InChI=1S/C14H21O/c1-4-5-6-13-7-11(2)8-14(9-13)12(3)10-15/h7-9,12,15H,3-6,10H2,1-2H3. The first-order chi connectivity index (χ1) is 7.17. The summed E-state index contributed by atoms with van der Waals surface area (Å²) < 4.78 is 0. The Morgan fingerprint density at radius 3 is 2.67 bits per heavy atom. The van der Waals surface area contributed by atoms with Crippen molar-refractivity contribution in [1.29, 1.82) is 0 Å². The Kier molecular flexibility index (Phi) is 4.83. The van der Waals surface area contributed by atoms with Crippen molar-refractivity contribution in [3.05, 3.63) is 41.8 Å². The Balaban J connectivity index is 2.84. The second-order valence-corrected chi connectivity index (χ2v) is 4.23. The molecule has 83 valence electrons. The van der Waals surface area contributed by atoms with E-state index in [0.717, 1.165) is 12.0 Å². The van der Waals surface area contributed by atoms with Gasteiger partial charge in [-0.25, -0.2) is 0 Å². The van der Waals surface area contributed by atoms with Crippen LogP contribution in [0.25, 0.3) is 0 Å². The summed E-state index contributed by atoms with van der Waals surface area (Å²) >= 11 is 0. The van der Waals surface area contributed by atoms with Crippen LogP contribution < -0.4 is 0 Å². The predicted octanol–water partition coefficient (Wildman–Crippen LogP) is 3.25. The van der Waals surface area contributed by atoms with Crippen molar-refractivity contribution in [3.8, 4) is 0 Å². The highest BCUT2D eigenvalue weighted by Crippen LogP contribution is 2.19. The minimum absolute atomic E-state index is 0.00489. The van der Waals surface area contributed by atoms with E-state index in [2.05, 4.69) is 39.0 Å². The molecule has 15 heavy (non-hydrogen) atoms. The van der Waals surface area contributed by atoms with E-state index in [9.17, 15) is 0 Å². The topological polar surface area (TPSA) is 20.2 Å². The van der Waals surface area contributed by atoms with E-state index in [1.807, 2.05) is 0 Å². The first kappa shape index (κ1) is 12.3. The molecule has 1 unspecified atom stereocenters. The normalized spacial score (nSPS) is 12.8. The highest BCUT2D eigenvalue weighted by Gasteiger charge is 2.05. The molecule has 0 aliphatic rings. The maximum absolute atomic E-state index is 9.08. The molecule has 0 aliphatic carbocycles. The largest absolute Gasteiger partial charge is 0.396 e. The maximum atomic E-state index is 9.08. The van der Waals surface area contributed by atoms with E-state index in [-0.39, 0.29) is 12.5 Å². The zero-order valence-corrected chi connectivity index (χ0v) is 9.79. The van der Waals surface area contributed by atoms with Gasteiger partial charge in [-0.1, -0.05) is 37.1 Å². The van der Waals surface area contributed by atoms with Crippen LogP contribution in [0.1, 0.15) is 42.4 Å². The summed E-state index contributed by atoms with van der Waals surface area (Å²) in [4.78, 5) is 0. The van der Waals surface area contributed by atoms with Gasteiger partial charge in [0.25, 0.3) is 0 Å². The number of hydrogen-bond acceptors (Lipinski definition) is 1. The van der Waals surface area contributed by atoms with E-state index in [1.54, 1.807) is 0 Å². The van der Waals surface area contributed by atoms with Crippen molar-refractivity contribution >= 4 is 0 Å². The molecule has 1 radical (unpaired) electrons. The number of aliphatic hydroxyl groups is 1. The molecular weight excluding hydrogens is 184 g/mol. The molecule has 0 bridgehead atoms. The van der Waals surface area contributed by atoms with Gasteiger partial charge in [0.1, 0.15) is 0 Å². The number of hydrogen-bond donors (Lipinski definition) is 1. The Morgan fingerprint density at radius 2 is 2.07 bits per heavy atom. The minimum Gasteiger partial charge on any atom is -0.396 e. The van der Waals surface area contributed by atoms with Gasteiger partial charge in [-0.3, -0.25) is 0 Å². The van der Waals surface area contributed by atoms with Crippen LogP contribution in [0.3, 0.4) is 0 Å². The second kappa shape index (κ2) is 5.92. The first-order valence-corrected chi connectivity index (χ1v) is 5.71. The lowest BCUT2D eigenvalue weighted by Crippen LogP contribution is -2.01. The van der Waals surface area contributed by atoms with E-state index in [0.29, 0.717) is 0 Å². The number of unbranched alkanes of at least 4 members (excludes halogenated alkanes) is 1. The molecule has 0 aliphatic heterocycles. The van der Waals surface area contributed by atoms with Crippen molar-refractivity contribution in [2.45, 2.75) is 39.0 Å². The molecular formula is C14H21O. The van der Waals surface area contributed by atoms with E-state index in [1.165, 1.54) is 24.0 Å². The Bertz CT molecular complexity index is 304. The summed E-state index contributed by atoms with van der Waals surface area (Å²) in [6.45, 7) is 8.36. The number of benzene rings is 1. The molecule has 0 saturated heterocycles. The van der Waals surface area contributed by atoms with Crippen LogP contribution in [0, 0.1) is 13.8 Å². The average Bonchev–Trinajstić information content (AvgIpc) is 2.24. The minimum atomic E-state index is 0.00489. The molecule has 1 rings (SSSR count). The van der Waals surface area contributed by atoms with E-state index < -0.39 is 0 Å². The van der Waals surface area contributed by atoms with Crippen LogP contribution in [0.4, 0.5) is 0 Å². The molecule has 1 nitrogen and oxygen atoms in total. The second-order valence-electron chi connectivity index (χ2n) is 4.23. The summed E-state index contributed by atoms with van der Waals surface area (Å²) in [5.74, 6) is 0.00489. The van der Waals surface area contributed by atoms with Gasteiger partial charge in [-0.05, 0) is 37.8 Å². The van der Waals surface area contributed by atoms with Gasteiger partial charge < -0.3 is 5.11 Å². The molecule has 0 heterocycles. The fourth-order valence-electron chi connectivity index (χ4n) is 1.76. The van der Waals surface area contributed by atoms with Crippen LogP contribution in [-0.4, -0.2) is 11.7 Å². The van der Waals surface area contributed by atoms with Gasteiger partial charge in [0.15, 0.2) is 0 Å². The Morgan fingerprint density at radius 1 is 1.33 bits per heavy atom. The van der Waals surface area contributed by atoms with Gasteiger partial charge in [-0.2, -0.15) is 0 Å². The maximum Gasteiger partial charge on any atom is 0.0499 e. The highest BCUT2D eigenvalue weighted by atomic mass is 16.3. The molecule has 1 atom stereocenters. The SMILES string of the molecule is [CH2]C(CO)c1cc(C)cc(CCCC)c1. The summed E-state index contributed by atoms with van der Waals surface area (Å²) in [7, 11) is 0. The summed E-state index contributed by atoms with van der Waals surface area (Å²) in [5, 5.41) is 9.08. The third-order valence-electron chi connectivity index (χ3n) is 2.67. The van der Waals surface area contributed by atoms with Gasteiger partial charge >= 0.3 is 0 Å². The van der Waals surface area contributed by atoms with Gasteiger partial charge in [-0.15, -0.1) is 0 Å². The lowest BCUT2D eigenvalue weighted by molar-refractivity contribution is 0.282. The lowest BCUT2D eigenvalue weighted by Gasteiger charge is -2.11. The lowest BCUT2D eigenvalue weighted by atomic mass is 9.95. The Hall–Kier alpha value is -0.820. The van der Waals surface area contributed by atoms with E-state index >= 15 is 0 Å². The summed E-state index contributed by atoms with van der Waals surface area (Å²) in [6.07, 6.45) is 3.57. The van der Waals surface area contributed by atoms with Gasteiger partial charge in [0.2, 0.25) is 0 Å². The van der Waals surface area contributed by atoms with Crippen molar-refractivity contribution in [2.75, 3.05) is 6.61 Å². The molecule has 1 aromatic rings. The fraction of sp³-hybridized carbons (Fsp3) is 0.500. The van der Waals surface area contributed by atoms with Crippen LogP contribution in [-0.2, 0) is 6.42 Å².